The van der Waals surface area contributed by atoms with Crippen LogP contribution >= 0.6 is 0 Å². The molecule has 0 fully saturated rings. The number of carboxylic acid groups (broad SMARTS) is 1. The van der Waals surface area contributed by atoms with Gasteiger partial charge in [-0.25, -0.2) is 4.98 Å². The molecule has 0 bridgehead atoms. The Morgan fingerprint density at radius 3 is 2.43 bits per heavy atom. The summed E-state index contributed by atoms with van der Waals surface area (Å²) < 4.78 is 0. The second-order valence-electron chi connectivity index (χ2n) is 5.19. The summed E-state index contributed by atoms with van der Waals surface area (Å²) in [6.07, 6.45) is 0.605. The number of aryl methyl sites for hydroxylation is 1. The fraction of sp³-hybridized carbons (Fsp3) is 0.571. The van der Waals surface area contributed by atoms with Crippen LogP contribution in [0, 0.1) is 6.92 Å². The van der Waals surface area contributed by atoms with Crippen molar-refractivity contribution in [3.8, 4) is 0 Å². The molecule has 1 amide bonds. The molecule has 7 nitrogen and oxygen atoms in total. The number of rotatable bonds is 6. The molecule has 1 heterocycles. The average Bonchev–Trinajstić information content (AvgIpc) is 2.36. The molecule has 1 aromatic heterocycles. The van der Waals surface area contributed by atoms with Crippen molar-refractivity contribution >= 4 is 11.9 Å². The van der Waals surface area contributed by atoms with Crippen LogP contribution in [-0.2, 0) is 4.79 Å². The standard InChI is InChI=1S/C14H21N3O4/c1-5-6-17(7-10(18)19)14(21)11-9(4)15-12(8(2)3)16-13(11)20/h8H,5-7H2,1-4H3,(H,18,19)(H,15,16,20). The maximum atomic E-state index is 12.4. The molecule has 0 radical (unpaired) electrons. The van der Waals surface area contributed by atoms with E-state index in [2.05, 4.69) is 9.97 Å². The molecular formula is C14H21N3O4. The van der Waals surface area contributed by atoms with Crippen LogP contribution in [0.15, 0.2) is 4.79 Å². The van der Waals surface area contributed by atoms with Gasteiger partial charge in [0, 0.05) is 12.5 Å². The lowest BCUT2D eigenvalue weighted by molar-refractivity contribution is -0.137. The molecule has 116 valence electrons. The van der Waals surface area contributed by atoms with Crippen LogP contribution < -0.4 is 5.56 Å². The van der Waals surface area contributed by atoms with Gasteiger partial charge in [0.05, 0.1) is 5.69 Å². The molecule has 0 aromatic carbocycles. The molecule has 21 heavy (non-hydrogen) atoms. The van der Waals surface area contributed by atoms with Gasteiger partial charge in [-0.2, -0.15) is 0 Å². The minimum Gasteiger partial charge on any atom is -0.480 e. The summed E-state index contributed by atoms with van der Waals surface area (Å²) in [6, 6.07) is 0. The number of carbonyl (C=O) groups is 2. The number of nitrogens with one attached hydrogen (secondary N) is 1. The van der Waals surface area contributed by atoms with E-state index >= 15 is 0 Å². The summed E-state index contributed by atoms with van der Waals surface area (Å²) in [5.41, 5.74) is -0.296. The average molecular weight is 295 g/mol. The van der Waals surface area contributed by atoms with Gasteiger partial charge in [0.25, 0.3) is 11.5 Å². The third-order valence-corrected chi connectivity index (χ3v) is 2.99. The molecule has 0 saturated carbocycles. The molecule has 7 heteroatoms. The lowest BCUT2D eigenvalue weighted by Crippen LogP contribution is -2.40. The van der Waals surface area contributed by atoms with E-state index in [-0.39, 0.29) is 18.0 Å². The Bertz CT molecular complexity index is 592. The second-order valence-corrected chi connectivity index (χ2v) is 5.19. The highest BCUT2D eigenvalue weighted by Gasteiger charge is 2.23. The first-order valence-electron chi connectivity index (χ1n) is 6.89. The van der Waals surface area contributed by atoms with Gasteiger partial charge in [0.15, 0.2) is 0 Å². The smallest absolute Gasteiger partial charge is 0.323 e. The second kappa shape index (κ2) is 7.01. The van der Waals surface area contributed by atoms with Crippen LogP contribution in [-0.4, -0.2) is 44.9 Å². The zero-order valence-corrected chi connectivity index (χ0v) is 12.8. The van der Waals surface area contributed by atoms with Crippen LogP contribution in [0.2, 0.25) is 0 Å². The largest absolute Gasteiger partial charge is 0.480 e. The van der Waals surface area contributed by atoms with Crippen molar-refractivity contribution in [2.45, 2.75) is 40.0 Å². The number of amides is 1. The number of nitrogens with zero attached hydrogens (tertiary/aromatic N) is 2. The van der Waals surface area contributed by atoms with Crippen molar-refractivity contribution in [1.82, 2.24) is 14.9 Å². The van der Waals surface area contributed by atoms with E-state index in [1.165, 1.54) is 0 Å². The Morgan fingerprint density at radius 1 is 1.38 bits per heavy atom. The molecule has 0 aliphatic heterocycles. The monoisotopic (exact) mass is 295 g/mol. The SMILES string of the molecule is CCCN(CC(=O)O)C(=O)c1c(C)nc(C(C)C)[nH]c1=O. The lowest BCUT2D eigenvalue weighted by Gasteiger charge is -2.20. The normalized spacial score (nSPS) is 10.7. The number of hydrogen-bond acceptors (Lipinski definition) is 4. The van der Waals surface area contributed by atoms with Crippen LogP contribution in [0.3, 0.4) is 0 Å². The van der Waals surface area contributed by atoms with Crippen LogP contribution in [0.4, 0.5) is 0 Å². The van der Waals surface area contributed by atoms with Crippen molar-refractivity contribution in [2.24, 2.45) is 0 Å². The van der Waals surface area contributed by atoms with E-state index in [0.717, 1.165) is 4.90 Å². The van der Waals surface area contributed by atoms with E-state index in [4.69, 9.17) is 5.11 Å². The van der Waals surface area contributed by atoms with Crippen molar-refractivity contribution < 1.29 is 14.7 Å². The minimum absolute atomic E-state index is 0.0336. The summed E-state index contributed by atoms with van der Waals surface area (Å²) >= 11 is 0. The fourth-order valence-electron chi connectivity index (χ4n) is 1.98. The van der Waals surface area contributed by atoms with Crippen LogP contribution in [0.1, 0.15) is 55.0 Å². The minimum atomic E-state index is -1.11. The summed E-state index contributed by atoms with van der Waals surface area (Å²) in [4.78, 5) is 43.3. The molecule has 0 unspecified atom stereocenters. The quantitative estimate of drug-likeness (QED) is 0.819. The zero-order valence-electron chi connectivity index (χ0n) is 12.8. The molecule has 0 atom stereocenters. The first-order valence-corrected chi connectivity index (χ1v) is 6.89. The third-order valence-electron chi connectivity index (χ3n) is 2.99. The highest BCUT2D eigenvalue weighted by atomic mass is 16.4. The predicted molar refractivity (Wildman–Crippen MR) is 77.5 cm³/mol. The topological polar surface area (TPSA) is 103 Å². The van der Waals surface area contributed by atoms with Crippen molar-refractivity contribution in [3.63, 3.8) is 0 Å². The summed E-state index contributed by atoms with van der Waals surface area (Å²) in [6.45, 7) is 7.02. The molecule has 0 saturated heterocycles. The van der Waals surface area contributed by atoms with E-state index in [1.807, 2.05) is 20.8 Å². The maximum Gasteiger partial charge on any atom is 0.323 e. The number of aliphatic carboxylic acids is 1. The molecule has 1 aromatic rings. The van der Waals surface area contributed by atoms with Gasteiger partial charge in [0.2, 0.25) is 0 Å². The molecule has 0 aliphatic rings. The van der Waals surface area contributed by atoms with Gasteiger partial charge >= 0.3 is 5.97 Å². The third kappa shape index (κ3) is 4.14. The van der Waals surface area contributed by atoms with E-state index in [0.29, 0.717) is 17.9 Å². The Labute approximate surface area is 123 Å². The molecule has 2 N–H and O–H groups in total. The van der Waals surface area contributed by atoms with Crippen LogP contribution in [0.25, 0.3) is 0 Å². The van der Waals surface area contributed by atoms with Gasteiger partial charge < -0.3 is 15.0 Å². The molecule has 0 spiro atoms. The first-order chi connectivity index (χ1) is 9.77. The Hall–Kier alpha value is -2.18. The molecule has 1 rings (SSSR count). The van der Waals surface area contributed by atoms with Gasteiger partial charge in [0.1, 0.15) is 17.9 Å². The maximum absolute atomic E-state index is 12.4. The number of H-pyrrole nitrogens is 1. The highest BCUT2D eigenvalue weighted by molar-refractivity contribution is 5.96. The predicted octanol–water partition coefficient (Wildman–Crippen LogP) is 1.14. The van der Waals surface area contributed by atoms with Gasteiger partial charge in [-0.15, -0.1) is 0 Å². The number of hydrogen-bond donors (Lipinski definition) is 2. The number of aromatic amines is 1. The first kappa shape index (κ1) is 16.9. The van der Waals surface area contributed by atoms with Crippen molar-refractivity contribution in [3.05, 3.63) is 27.4 Å². The van der Waals surface area contributed by atoms with E-state index < -0.39 is 24.0 Å². The van der Waals surface area contributed by atoms with Crippen molar-refractivity contribution in [2.75, 3.05) is 13.1 Å². The van der Waals surface area contributed by atoms with E-state index in [9.17, 15) is 14.4 Å². The Morgan fingerprint density at radius 2 is 2.00 bits per heavy atom. The Balaban J connectivity index is 3.22. The highest BCUT2D eigenvalue weighted by Crippen LogP contribution is 2.10. The number of aromatic nitrogens is 2. The van der Waals surface area contributed by atoms with Gasteiger partial charge in [-0.1, -0.05) is 20.8 Å². The molecular weight excluding hydrogens is 274 g/mol. The summed E-state index contributed by atoms with van der Waals surface area (Å²) in [5, 5.41) is 8.87. The Kier molecular flexibility index (Phi) is 5.63. The number of carbonyl (C=O) groups excluding carboxylic acids is 1. The van der Waals surface area contributed by atoms with Crippen molar-refractivity contribution in [1.29, 1.82) is 0 Å². The zero-order chi connectivity index (χ0) is 16.2. The summed E-state index contributed by atoms with van der Waals surface area (Å²) in [7, 11) is 0. The summed E-state index contributed by atoms with van der Waals surface area (Å²) in [5.74, 6) is -1.17. The van der Waals surface area contributed by atoms with Gasteiger partial charge in [-0.05, 0) is 13.3 Å². The number of carboxylic acids is 1. The van der Waals surface area contributed by atoms with Crippen LogP contribution in [0.5, 0.6) is 0 Å². The molecule has 0 aliphatic carbocycles. The lowest BCUT2D eigenvalue weighted by atomic mass is 10.1. The fourth-order valence-corrected chi connectivity index (χ4v) is 1.98. The van der Waals surface area contributed by atoms with Gasteiger partial charge in [-0.3, -0.25) is 14.4 Å². The van der Waals surface area contributed by atoms with E-state index in [1.54, 1.807) is 6.92 Å².